The molecule has 0 aliphatic rings. The van der Waals surface area contributed by atoms with Crippen molar-refractivity contribution < 1.29 is 40.7 Å². The van der Waals surface area contributed by atoms with Crippen molar-refractivity contribution >= 4 is 12.2 Å². The van der Waals surface area contributed by atoms with E-state index < -0.39 is 37.6 Å². The third-order valence-corrected chi connectivity index (χ3v) is 1.05. The highest BCUT2D eigenvalue weighted by Gasteiger charge is 2.30. The molecule has 0 aliphatic heterocycles. The Balaban J connectivity index is 3.86. The fraction of sp³-hybridized carbons (Fsp3) is 0.667. The molecular weight excluding hydrogens is 262 g/mol. The van der Waals surface area contributed by atoms with Gasteiger partial charge >= 0.3 is 24.5 Å². The first kappa shape index (κ1) is 15.3. The smallest absolute Gasteiger partial charge is 0.359 e. The highest BCUT2D eigenvalue weighted by molar-refractivity contribution is 5.83. The summed E-state index contributed by atoms with van der Waals surface area (Å²) in [5.74, 6) is 0. The molecule has 0 aliphatic carbocycles. The predicted octanol–water partition coefficient (Wildman–Crippen LogP) is 1.55. The van der Waals surface area contributed by atoms with E-state index in [-0.39, 0.29) is 0 Å². The van der Waals surface area contributed by atoms with E-state index >= 15 is 0 Å². The summed E-state index contributed by atoms with van der Waals surface area (Å²) in [6.07, 6.45) is -13.0. The van der Waals surface area contributed by atoms with Crippen LogP contribution in [0, 0.1) is 0 Å². The van der Waals surface area contributed by atoms with Crippen molar-refractivity contribution in [2.24, 2.45) is 0 Å². The molecule has 0 saturated carbocycles. The van der Waals surface area contributed by atoms with Crippen molar-refractivity contribution in [1.29, 1.82) is 0 Å². The van der Waals surface area contributed by atoms with E-state index in [9.17, 15) is 35.9 Å². The summed E-state index contributed by atoms with van der Waals surface area (Å²) in [6, 6.07) is 0. The van der Waals surface area contributed by atoms with Gasteiger partial charge < -0.3 is 15.4 Å². The zero-order chi connectivity index (χ0) is 13.7. The minimum absolute atomic E-state index is 1.12. The third-order valence-electron chi connectivity index (χ3n) is 1.05. The number of halogens is 6. The zero-order valence-electron chi connectivity index (χ0n) is 7.91. The minimum Gasteiger partial charge on any atom is -0.359 e. The number of ether oxygens (including phenoxy) is 1. The summed E-state index contributed by atoms with van der Waals surface area (Å²) < 4.78 is 72.8. The molecule has 17 heavy (non-hydrogen) atoms. The highest BCUT2D eigenvalue weighted by Crippen LogP contribution is 2.13. The fourth-order valence-electron chi connectivity index (χ4n) is 0.501. The number of alkyl carbamates (subject to hydrolysis) is 2. The van der Waals surface area contributed by atoms with Gasteiger partial charge in [0.1, 0.15) is 13.1 Å². The molecule has 0 unspecified atom stereocenters. The van der Waals surface area contributed by atoms with Gasteiger partial charge in [-0.05, 0) is 0 Å². The van der Waals surface area contributed by atoms with Crippen molar-refractivity contribution in [2.45, 2.75) is 12.4 Å². The second-order valence-corrected chi connectivity index (χ2v) is 2.61. The van der Waals surface area contributed by atoms with E-state index in [1.54, 1.807) is 0 Å². The van der Waals surface area contributed by atoms with E-state index in [2.05, 4.69) is 4.74 Å². The van der Waals surface area contributed by atoms with Crippen molar-refractivity contribution in [1.82, 2.24) is 10.6 Å². The molecule has 0 fully saturated rings. The average Bonchev–Trinajstić information content (AvgIpc) is 2.09. The van der Waals surface area contributed by atoms with Crippen molar-refractivity contribution in [3.05, 3.63) is 0 Å². The van der Waals surface area contributed by atoms with Crippen molar-refractivity contribution in [2.75, 3.05) is 13.1 Å². The zero-order valence-corrected chi connectivity index (χ0v) is 7.91. The van der Waals surface area contributed by atoms with Crippen LogP contribution in [0.25, 0.3) is 0 Å². The lowest BCUT2D eigenvalue weighted by Gasteiger charge is -2.09. The Labute approximate surface area is 90.1 Å². The summed E-state index contributed by atoms with van der Waals surface area (Å²) in [5, 5.41) is 2.24. The van der Waals surface area contributed by atoms with Crippen LogP contribution >= 0.6 is 0 Å². The van der Waals surface area contributed by atoms with Gasteiger partial charge in [0, 0.05) is 0 Å². The van der Waals surface area contributed by atoms with Crippen LogP contribution in [-0.2, 0) is 4.74 Å². The standard InChI is InChI=1S/C6H6F6N2O3/c7-5(8,9)1-13-3(15)17-4(16)14-2-6(10,11)12/h1-2H2,(H,13,15)(H,14,16). The van der Waals surface area contributed by atoms with Gasteiger partial charge in [-0.25, -0.2) is 9.59 Å². The van der Waals surface area contributed by atoms with Crippen molar-refractivity contribution in [3.8, 4) is 0 Å². The highest BCUT2D eigenvalue weighted by atomic mass is 19.4. The van der Waals surface area contributed by atoms with E-state index in [1.807, 2.05) is 0 Å². The molecule has 0 aromatic heterocycles. The van der Waals surface area contributed by atoms with Gasteiger partial charge in [0.2, 0.25) is 0 Å². The van der Waals surface area contributed by atoms with Gasteiger partial charge in [-0.1, -0.05) is 0 Å². The quantitative estimate of drug-likeness (QED) is 0.589. The predicted molar refractivity (Wildman–Crippen MR) is 40.0 cm³/mol. The van der Waals surface area contributed by atoms with Crippen LogP contribution < -0.4 is 10.6 Å². The lowest BCUT2D eigenvalue weighted by Crippen LogP contribution is -2.40. The van der Waals surface area contributed by atoms with Crippen LogP contribution in [0.1, 0.15) is 0 Å². The molecule has 5 nitrogen and oxygen atoms in total. The summed E-state index contributed by atoms with van der Waals surface area (Å²) in [6.45, 7) is -3.53. The Morgan fingerprint density at radius 2 is 1.12 bits per heavy atom. The van der Waals surface area contributed by atoms with Crippen LogP contribution in [0.4, 0.5) is 35.9 Å². The van der Waals surface area contributed by atoms with Crippen molar-refractivity contribution in [3.63, 3.8) is 0 Å². The van der Waals surface area contributed by atoms with Crippen LogP contribution in [-0.4, -0.2) is 37.6 Å². The molecule has 11 heteroatoms. The largest absolute Gasteiger partial charge is 0.416 e. The maximum Gasteiger partial charge on any atom is 0.416 e. The van der Waals surface area contributed by atoms with E-state index in [0.29, 0.717) is 0 Å². The number of hydrogen-bond acceptors (Lipinski definition) is 3. The molecule has 0 aromatic carbocycles. The number of nitrogens with one attached hydrogen (secondary N) is 2. The van der Waals surface area contributed by atoms with Gasteiger partial charge in [0.25, 0.3) is 0 Å². The normalized spacial score (nSPS) is 11.9. The molecule has 0 heterocycles. The summed E-state index contributed by atoms with van der Waals surface area (Å²) >= 11 is 0. The molecule has 100 valence electrons. The molecule has 0 rings (SSSR count). The Hall–Kier alpha value is -1.68. The maximum atomic E-state index is 11.5. The summed E-state index contributed by atoms with van der Waals surface area (Å²) in [5.41, 5.74) is 0. The Morgan fingerprint density at radius 1 is 0.824 bits per heavy atom. The first-order valence-corrected chi connectivity index (χ1v) is 3.86. The number of alkyl halides is 6. The second-order valence-electron chi connectivity index (χ2n) is 2.61. The number of amides is 2. The number of rotatable bonds is 2. The molecule has 0 spiro atoms. The average molecular weight is 268 g/mol. The lowest BCUT2D eigenvalue weighted by atomic mass is 10.6. The first-order chi connectivity index (χ1) is 7.49. The number of carbonyl (C=O) groups is 2. The molecule has 0 atom stereocenters. The summed E-state index contributed by atoms with van der Waals surface area (Å²) in [4.78, 5) is 20.9. The fourth-order valence-corrected chi connectivity index (χ4v) is 0.501. The SMILES string of the molecule is O=C(NCC(F)(F)F)OC(=O)NCC(F)(F)F. The van der Waals surface area contributed by atoms with Gasteiger partial charge in [-0.2, -0.15) is 26.3 Å². The summed E-state index contributed by atoms with van der Waals surface area (Å²) in [7, 11) is 0. The van der Waals surface area contributed by atoms with E-state index in [0.717, 1.165) is 10.6 Å². The van der Waals surface area contributed by atoms with Crippen LogP contribution in [0.2, 0.25) is 0 Å². The minimum atomic E-state index is -4.72. The molecule has 0 saturated heterocycles. The Kier molecular flexibility index (Phi) is 5.04. The van der Waals surface area contributed by atoms with Gasteiger partial charge in [0.05, 0.1) is 0 Å². The van der Waals surface area contributed by atoms with Crippen LogP contribution in [0.15, 0.2) is 0 Å². The number of hydrogen-bond donors (Lipinski definition) is 2. The van der Waals surface area contributed by atoms with E-state index in [1.165, 1.54) is 0 Å². The molecule has 0 aromatic rings. The second kappa shape index (κ2) is 5.59. The number of carbonyl (C=O) groups excluding carboxylic acids is 2. The molecule has 2 N–H and O–H groups in total. The van der Waals surface area contributed by atoms with Gasteiger partial charge in [-0.3, -0.25) is 0 Å². The van der Waals surface area contributed by atoms with Crippen LogP contribution in [0.3, 0.4) is 0 Å². The lowest BCUT2D eigenvalue weighted by molar-refractivity contribution is -0.123. The molecule has 2 amide bonds. The maximum absolute atomic E-state index is 11.5. The monoisotopic (exact) mass is 268 g/mol. The molecule has 0 bridgehead atoms. The van der Waals surface area contributed by atoms with Gasteiger partial charge in [-0.15, -0.1) is 0 Å². The topological polar surface area (TPSA) is 67.4 Å². The van der Waals surface area contributed by atoms with E-state index in [4.69, 9.17) is 0 Å². The first-order valence-electron chi connectivity index (χ1n) is 3.86. The van der Waals surface area contributed by atoms with Crippen LogP contribution in [0.5, 0.6) is 0 Å². The Bertz CT molecular complexity index is 258. The molecular formula is C6H6F6N2O3. The third kappa shape index (κ3) is 10.6. The Morgan fingerprint density at radius 3 is 1.35 bits per heavy atom. The van der Waals surface area contributed by atoms with Gasteiger partial charge in [0.15, 0.2) is 0 Å². The molecule has 0 radical (unpaired) electrons.